The summed E-state index contributed by atoms with van der Waals surface area (Å²) in [7, 11) is 0. The van der Waals surface area contributed by atoms with Crippen LogP contribution in [0.4, 0.5) is 7.77 Å². The lowest BCUT2D eigenvalue weighted by Gasteiger charge is -1.61. The minimum Gasteiger partial charge on any atom is -0.117 e. The van der Waals surface area contributed by atoms with E-state index in [1.807, 2.05) is 0 Å². The summed E-state index contributed by atoms with van der Waals surface area (Å²) in [6.45, 7) is 0. The summed E-state index contributed by atoms with van der Waals surface area (Å²) in [6, 6.07) is 0. The van der Waals surface area contributed by atoms with Crippen LogP contribution in [0.3, 0.4) is 0 Å². The fourth-order valence-corrected chi connectivity index (χ4v) is 0. The molecule has 0 atom stereocenters. The zero-order valence-corrected chi connectivity index (χ0v) is 3.56. The van der Waals surface area contributed by atoms with E-state index in [9.17, 15) is 7.77 Å². The van der Waals surface area contributed by atoms with Crippen LogP contribution in [0.5, 0.6) is 0 Å². The Morgan fingerprint density at radius 1 is 1.60 bits per heavy atom. The van der Waals surface area contributed by atoms with E-state index in [0.29, 0.717) is 0 Å². The lowest BCUT2D eigenvalue weighted by Crippen LogP contribution is -1.47. The van der Waals surface area contributed by atoms with E-state index in [4.69, 9.17) is 0 Å². The van der Waals surface area contributed by atoms with Gasteiger partial charge < -0.3 is 0 Å². The number of halogens is 3. The van der Waals surface area contributed by atoms with E-state index in [-0.39, 0.29) is 0 Å². The molecule has 0 saturated heterocycles. The Labute approximate surface area is 35.7 Å². The normalized spacial score (nSPS) is 8.80. The molecule has 0 radical (unpaired) electrons. The Morgan fingerprint density at radius 3 is 1.80 bits per heavy atom. The lowest BCUT2D eigenvalue weighted by atomic mass is 13.9. The average molecular weight is 120 g/mol. The molecular weight excluding hydrogens is 120 g/mol. The van der Waals surface area contributed by atoms with Gasteiger partial charge in [-0.1, -0.05) is 3.88 Å². The first-order valence-electron chi connectivity index (χ1n) is 0.660. The van der Waals surface area contributed by atoms with Gasteiger partial charge in [0.05, 0.1) is 0 Å². The van der Waals surface area contributed by atoms with Gasteiger partial charge in [0, 0.05) is 11.8 Å². The van der Waals surface area contributed by atoms with Gasteiger partial charge in [0.2, 0.25) is 0 Å². The molecule has 0 N–H and O–H groups in total. The second-order valence-corrected chi connectivity index (χ2v) is 1.21. The zero-order valence-electron chi connectivity index (χ0n) is 1.99. The molecule has 0 rings (SSSR count). The van der Waals surface area contributed by atoms with Crippen LogP contribution in [-0.2, 0) is 11.5 Å². The fraction of sp³-hybridized carbons (Fsp3) is 0. The maximum Gasteiger partial charge on any atom is 0.278 e. The second kappa shape index (κ2) is 2.53. The van der Waals surface area contributed by atoms with Gasteiger partial charge in [0.25, 0.3) is 11.5 Å². The molecule has 32 valence electrons. The minimum atomic E-state index is -2.93. The molecule has 0 aromatic heterocycles. The predicted octanol–water partition coefficient (Wildman–Crippen LogP) is 1.71. The highest BCUT2D eigenvalue weighted by Gasteiger charge is 1.75. The summed E-state index contributed by atoms with van der Waals surface area (Å²) in [5.74, 6) is 0. The van der Waals surface area contributed by atoms with Gasteiger partial charge in [-0.05, 0) is 0 Å². The van der Waals surface area contributed by atoms with E-state index in [0.717, 1.165) is 0 Å². The van der Waals surface area contributed by atoms with Crippen molar-refractivity contribution in [2.24, 2.45) is 3.88 Å². The highest BCUT2D eigenvalue weighted by atomic mass is 35.5. The third-order valence-corrected chi connectivity index (χ3v) is 0.469. The molecule has 0 unspecified atom stereocenters. The Hall–Kier alpha value is 0.300. The Kier molecular flexibility index (Phi) is 2.68. The summed E-state index contributed by atoms with van der Waals surface area (Å²) in [5, 5.41) is 0. The molecular formula is ClF2NS. The maximum atomic E-state index is 10.5. The maximum absolute atomic E-state index is 10.5. The van der Waals surface area contributed by atoms with Crippen LogP contribution < -0.4 is 0 Å². The van der Waals surface area contributed by atoms with E-state index in [1.54, 1.807) is 0 Å². The molecule has 5 heavy (non-hydrogen) atoms. The van der Waals surface area contributed by atoms with Crippen molar-refractivity contribution in [3.63, 3.8) is 0 Å². The highest BCUT2D eigenvalue weighted by Crippen LogP contribution is 1.91. The van der Waals surface area contributed by atoms with Crippen molar-refractivity contribution in [1.29, 1.82) is 0 Å². The molecule has 0 aliphatic rings. The quantitative estimate of drug-likeness (QED) is 0.460. The van der Waals surface area contributed by atoms with Crippen LogP contribution >= 0.6 is 11.8 Å². The van der Waals surface area contributed by atoms with Crippen molar-refractivity contribution in [3.05, 3.63) is 0 Å². The van der Waals surface area contributed by atoms with Crippen LogP contribution in [-0.4, -0.2) is 0 Å². The van der Waals surface area contributed by atoms with Crippen LogP contribution in [0.25, 0.3) is 0 Å². The van der Waals surface area contributed by atoms with Crippen LogP contribution in [0.1, 0.15) is 0 Å². The summed E-state index contributed by atoms with van der Waals surface area (Å²) in [4.78, 5) is 0. The van der Waals surface area contributed by atoms with E-state index in [2.05, 4.69) is 15.7 Å². The van der Waals surface area contributed by atoms with Gasteiger partial charge in [-0.3, -0.25) is 0 Å². The molecule has 0 spiro atoms. The summed E-state index contributed by atoms with van der Waals surface area (Å²) >= 11 is 1.29. The van der Waals surface area contributed by atoms with Gasteiger partial charge in [-0.2, -0.15) is 0 Å². The minimum absolute atomic E-state index is 2.06. The van der Waals surface area contributed by atoms with Gasteiger partial charge in [0.1, 0.15) is 0 Å². The SMILES string of the molecule is FS(F)=NCl. The Morgan fingerprint density at radius 2 is 1.80 bits per heavy atom. The van der Waals surface area contributed by atoms with Crippen molar-refractivity contribution in [1.82, 2.24) is 0 Å². The van der Waals surface area contributed by atoms with Crippen LogP contribution in [0.2, 0.25) is 0 Å². The molecule has 5 heteroatoms. The summed E-state index contributed by atoms with van der Waals surface area (Å²) in [6.07, 6.45) is 0. The van der Waals surface area contributed by atoms with E-state index < -0.39 is 11.5 Å². The van der Waals surface area contributed by atoms with E-state index >= 15 is 0 Å². The predicted molar refractivity (Wildman–Crippen MR) is 17.9 cm³/mol. The third-order valence-electron chi connectivity index (χ3n) is 0.0522. The second-order valence-electron chi connectivity index (χ2n) is 0.265. The van der Waals surface area contributed by atoms with Crippen molar-refractivity contribution in [3.8, 4) is 0 Å². The lowest BCUT2D eigenvalue weighted by molar-refractivity contribution is 0.788. The monoisotopic (exact) mass is 119 g/mol. The highest BCUT2D eigenvalue weighted by molar-refractivity contribution is 7.77. The van der Waals surface area contributed by atoms with Gasteiger partial charge in [0.15, 0.2) is 0 Å². The topological polar surface area (TPSA) is 12.4 Å². The molecule has 0 bridgehead atoms. The smallest absolute Gasteiger partial charge is 0.117 e. The van der Waals surface area contributed by atoms with Gasteiger partial charge >= 0.3 is 0 Å². The third kappa shape index (κ3) is 4.30. The standard InChI is InChI=1S/ClF2NS/c1-4-5(2)3. The molecule has 0 fully saturated rings. The van der Waals surface area contributed by atoms with Crippen LogP contribution in [0.15, 0.2) is 3.88 Å². The van der Waals surface area contributed by atoms with Gasteiger partial charge in [-0.15, -0.1) is 7.77 Å². The van der Waals surface area contributed by atoms with Crippen molar-refractivity contribution < 1.29 is 7.77 Å². The van der Waals surface area contributed by atoms with Crippen molar-refractivity contribution in [2.75, 3.05) is 0 Å². The number of hydrogen-bond acceptors (Lipinski definition) is 1. The molecule has 1 nitrogen and oxygen atoms in total. The Bertz CT molecular complexity index is 47.6. The van der Waals surface area contributed by atoms with Gasteiger partial charge in [-0.25, -0.2) is 0 Å². The van der Waals surface area contributed by atoms with E-state index in [1.165, 1.54) is 0 Å². The van der Waals surface area contributed by atoms with Crippen molar-refractivity contribution >= 4 is 23.2 Å². The molecule has 0 amide bonds. The molecule has 0 saturated carbocycles. The molecule has 0 heterocycles. The summed E-state index contributed by atoms with van der Waals surface area (Å²) in [5.41, 5.74) is 0. The average Bonchev–Trinajstić information content (AvgIpc) is 1.38. The first-order valence-corrected chi connectivity index (χ1v) is 1.98. The number of hydrogen-bond donors (Lipinski definition) is 0. The number of rotatable bonds is 0. The first-order chi connectivity index (χ1) is 2.27. The molecule has 0 aromatic carbocycles. The number of nitrogens with zero attached hydrogens (tertiary/aromatic N) is 1. The largest absolute Gasteiger partial charge is 0.278 e. The van der Waals surface area contributed by atoms with Crippen molar-refractivity contribution in [2.45, 2.75) is 0 Å². The molecule has 0 aliphatic heterocycles. The first kappa shape index (κ1) is 5.30. The summed E-state index contributed by atoms with van der Waals surface area (Å²) < 4.78 is 23.0. The molecule has 0 aliphatic carbocycles. The Balaban J connectivity index is 3.14. The molecule has 0 aromatic rings. The zero-order chi connectivity index (χ0) is 4.28. The van der Waals surface area contributed by atoms with Crippen LogP contribution in [0, 0.1) is 0 Å². The fourth-order valence-electron chi connectivity index (χ4n) is 0.